The number of nitrogens with zero attached hydrogens (tertiary/aromatic N) is 1. The summed E-state index contributed by atoms with van der Waals surface area (Å²) < 4.78 is 0. The molecule has 2 nitrogen and oxygen atoms in total. The minimum Gasteiger partial charge on any atom is -0.309 e. The molecule has 1 aromatic rings. The molecule has 1 aliphatic rings. The first-order valence-corrected chi connectivity index (χ1v) is 7.32. The lowest BCUT2D eigenvalue weighted by molar-refractivity contribution is 0.209. The van der Waals surface area contributed by atoms with E-state index in [0.29, 0.717) is 6.04 Å². The third-order valence-electron chi connectivity index (χ3n) is 3.58. The number of piperidine rings is 1. The van der Waals surface area contributed by atoms with Crippen LogP contribution in [0.25, 0.3) is 0 Å². The van der Waals surface area contributed by atoms with Gasteiger partial charge in [0.1, 0.15) is 0 Å². The zero-order valence-corrected chi connectivity index (χ0v) is 11.9. The quantitative estimate of drug-likeness (QED) is 0.880. The second-order valence-corrected chi connectivity index (χ2v) is 5.64. The fraction of sp³-hybridized carbons (Fsp3) is 0.600. The standard InChI is InChI=1S/C15H23ClN2/c1-13(12-18-9-5-2-6-10-18)17-11-14-7-3-4-8-15(14)16/h3-4,7-8,13,17H,2,5-6,9-12H2,1H3. The van der Waals surface area contributed by atoms with Gasteiger partial charge >= 0.3 is 0 Å². The minimum absolute atomic E-state index is 0.513. The van der Waals surface area contributed by atoms with Gasteiger partial charge in [-0.25, -0.2) is 0 Å². The van der Waals surface area contributed by atoms with Crippen LogP contribution in [0.5, 0.6) is 0 Å². The molecule has 1 aliphatic heterocycles. The maximum absolute atomic E-state index is 6.15. The molecule has 1 saturated heterocycles. The predicted molar refractivity (Wildman–Crippen MR) is 78.0 cm³/mol. The van der Waals surface area contributed by atoms with E-state index in [0.717, 1.165) is 18.1 Å². The van der Waals surface area contributed by atoms with Crippen molar-refractivity contribution in [1.29, 1.82) is 0 Å². The molecule has 1 N–H and O–H groups in total. The van der Waals surface area contributed by atoms with E-state index in [1.807, 2.05) is 18.2 Å². The van der Waals surface area contributed by atoms with E-state index in [2.05, 4.69) is 23.2 Å². The molecule has 0 saturated carbocycles. The normalized spacial score (nSPS) is 18.8. The molecule has 0 radical (unpaired) electrons. The van der Waals surface area contributed by atoms with E-state index in [1.54, 1.807) is 0 Å². The predicted octanol–water partition coefficient (Wildman–Crippen LogP) is 3.30. The molecule has 0 spiro atoms. The molecule has 2 rings (SSSR count). The van der Waals surface area contributed by atoms with Gasteiger partial charge in [-0.1, -0.05) is 36.2 Å². The van der Waals surface area contributed by atoms with Gasteiger partial charge in [-0.3, -0.25) is 0 Å². The van der Waals surface area contributed by atoms with Crippen LogP contribution in [0.4, 0.5) is 0 Å². The fourth-order valence-corrected chi connectivity index (χ4v) is 2.72. The van der Waals surface area contributed by atoms with E-state index in [-0.39, 0.29) is 0 Å². The van der Waals surface area contributed by atoms with Crippen LogP contribution in [-0.2, 0) is 6.54 Å². The highest BCUT2D eigenvalue weighted by Gasteiger charge is 2.13. The Labute approximate surface area is 115 Å². The molecule has 0 aliphatic carbocycles. The van der Waals surface area contributed by atoms with Crippen molar-refractivity contribution >= 4 is 11.6 Å². The number of halogens is 1. The van der Waals surface area contributed by atoms with Crippen molar-refractivity contribution in [2.24, 2.45) is 0 Å². The number of likely N-dealkylation sites (tertiary alicyclic amines) is 1. The van der Waals surface area contributed by atoms with Crippen molar-refractivity contribution in [3.63, 3.8) is 0 Å². The Hall–Kier alpha value is -0.570. The summed E-state index contributed by atoms with van der Waals surface area (Å²) in [6.45, 7) is 6.78. The second kappa shape index (κ2) is 7.13. The Morgan fingerprint density at radius 3 is 2.67 bits per heavy atom. The molecule has 1 fully saturated rings. The summed E-state index contributed by atoms with van der Waals surface area (Å²) in [4.78, 5) is 2.56. The number of benzene rings is 1. The number of hydrogen-bond acceptors (Lipinski definition) is 2. The Morgan fingerprint density at radius 2 is 1.94 bits per heavy atom. The van der Waals surface area contributed by atoms with E-state index in [1.165, 1.54) is 37.9 Å². The molecule has 0 aromatic heterocycles. The molecule has 3 heteroatoms. The van der Waals surface area contributed by atoms with Gasteiger partial charge in [0.25, 0.3) is 0 Å². The van der Waals surface area contributed by atoms with Gasteiger partial charge in [0, 0.05) is 24.2 Å². The average molecular weight is 267 g/mol. The summed E-state index contributed by atoms with van der Waals surface area (Å²) in [5.74, 6) is 0. The number of rotatable bonds is 5. The van der Waals surface area contributed by atoms with E-state index < -0.39 is 0 Å². The first kappa shape index (κ1) is 13.9. The topological polar surface area (TPSA) is 15.3 Å². The van der Waals surface area contributed by atoms with Crippen molar-refractivity contribution < 1.29 is 0 Å². The zero-order valence-electron chi connectivity index (χ0n) is 11.2. The Bertz CT molecular complexity index is 361. The molecule has 1 atom stereocenters. The van der Waals surface area contributed by atoms with Crippen LogP contribution in [0, 0.1) is 0 Å². The smallest absolute Gasteiger partial charge is 0.0450 e. The lowest BCUT2D eigenvalue weighted by Crippen LogP contribution is -2.41. The summed E-state index contributed by atoms with van der Waals surface area (Å²) in [6, 6.07) is 8.57. The second-order valence-electron chi connectivity index (χ2n) is 5.23. The Morgan fingerprint density at radius 1 is 1.22 bits per heavy atom. The molecule has 1 unspecified atom stereocenters. The van der Waals surface area contributed by atoms with Gasteiger partial charge in [-0.05, 0) is 44.5 Å². The SMILES string of the molecule is CC(CN1CCCCC1)NCc1ccccc1Cl. The first-order valence-electron chi connectivity index (χ1n) is 6.95. The fourth-order valence-electron chi connectivity index (χ4n) is 2.52. The molecule has 100 valence electrons. The van der Waals surface area contributed by atoms with Gasteiger partial charge in [0.05, 0.1) is 0 Å². The van der Waals surface area contributed by atoms with Crippen molar-refractivity contribution in [3.8, 4) is 0 Å². The van der Waals surface area contributed by atoms with Crippen LogP contribution in [0.2, 0.25) is 5.02 Å². The molecule has 0 bridgehead atoms. The monoisotopic (exact) mass is 266 g/mol. The lowest BCUT2D eigenvalue weighted by Gasteiger charge is -2.29. The zero-order chi connectivity index (χ0) is 12.8. The van der Waals surface area contributed by atoms with Crippen LogP contribution in [0.1, 0.15) is 31.7 Å². The van der Waals surface area contributed by atoms with Crippen LogP contribution in [0.3, 0.4) is 0 Å². The highest BCUT2D eigenvalue weighted by atomic mass is 35.5. The van der Waals surface area contributed by atoms with Crippen molar-refractivity contribution in [3.05, 3.63) is 34.9 Å². The number of nitrogens with one attached hydrogen (secondary N) is 1. The summed E-state index contributed by atoms with van der Waals surface area (Å²) in [6.07, 6.45) is 4.12. The molecule has 18 heavy (non-hydrogen) atoms. The average Bonchev–Trinajstić information content (AvgIpc) is 2.39. The van der Waals surface area contributed by atoms with E-state index in [9.17, 15) is 0 Å². The molecule has 0 amide bonds. The molecular formula is C15H23ClN2. The molecule has 1 aromatic carbocycles. The van der Waals surface area contributed by atoms with Gasteiger partial charge in [-0.2, -0.15) is 0 Å². The Balaban J connectivity index is 1.74. The number of hydrogen-bond donors (Lipinski definition) is 1. The highest BCUT2D eigenvalue weighted by molar-refractivity contribution is 6.31. The molecular weight excluding hydrogens is 244 g/mol. The van der Waals surface area contributed by atoms with Gasteiger partial charge in [0.15, 0.2) is 0 Å². The summed E-state index contributed by atoms with van der Waals surface area (Å²) >= 11 is 6.15. The summed E-state index contributed by atoms with van der Waals surface area (Å²) in [7, 11) is 0. The van der Waals surface area contributed by atoms with Gasteiger partial charge in [-0.15, -0.1) is 0 Å². The maximum Gasteiger partial charge on any atom is 0.0450 e. The van der Waals surface area contributed by atoms with E-state index in [4.69, 9.17) is 11.6 Å². The highest BCUT2D eigenvalue weighted by Crippen LogP contribution is 2.15. The summed E-state index contributed by atoms with van der Waals surface area (Å²) in [5, 5.41) is 4.42. The van der Waals surface area contributed by atoms with Crippen molar-refractivity contribution in [1.82, 2.24) is 10.2 Å². The van der Waals surface area contributed by atoms with Crippen LogP contribution in [0.15, 0.2) is 24.3 Å². The lowest BCUT2D eigenvalue weighted by atomic mass is 10.1. The van der Waals surface area contributed by atoms with Gasteiger partial charge < -0.3 is 10.2 Å². The van der Waals surface area contributed by atoms with Crippen LogP contribution < -0.4 is 5.32 Å². The minimum atomic E-state index is 0.513. The van der Waals surface area contributed by atoms with E-state index >= 15 is 0 Å². The van der Waals surface area contributed by atoms with Crippen LogP contribution >= 0.6 is 11.6 Å². The third kappa shape index (κ3) is 4.27. The van der Waals surface area contributed by atoms with Crippen molar-refractivity contribution in [2.45, 2.75) is 38.8 Å². The maximum atomic E-state index is 6.15. The van der Waals surface area contributed by atoms with Crippen molar-refractivity contribution in [2.75, 3.05) is 19.6 Å². The molecule has 1 heterocycles. The largest absolute Gasteiger partial charge is 0.309 e. The third-order valence-corrected chi connectivity index (χ3v) is 3.95. The van der Waals surface area contributed by atoms with Crippen LogP contribution in [-0.4, -0.2) is 30.6 Å². The van der Waals surface area contributed by atoms with Gasteiger partial charge in [0.2, 0.25) is 0 Å². The Kier molecular flexibility index (Phi) is 5.48. The first-order chi connectivity index (χ1) is 8.75. The summed E-state index contributed by atoms with van der Waals surface area (Å²) in [5.41, 5.74) is 1.18.